The molecule has 0 bridgehead atoms. The van der Waals surface area contributed by atoms with Crippen LogP contribution in [0.2, 0.25) is 0 Å². The van der Waals surface area contributed by atoms with Gasteiger partial charge in [-0.25, -0.2) is 24.2 Å². The molecule has 172 valence electrons. The van der Waals surface area contributed by atoms with Crippen molar-refractivity contribution in [2.24, 2.45) is 5.73 Å². The SMILES string of the molecule is C=C(N)c1[nH]cnc1N.Cl.O=C(O)c1cc(=O)[nH]c(=O)[nH]1.O=C(O)c1cc(=O)[nH]c(=O)[nH]1. The molecule has 0 aliphatic carbocycles. The first-order chi connectivity index (χ1) is 14.4. The summed E-state index contributed by atoms with van der Waals surface area (Å²) in [7, 11) is 0. The topological polar surface area (TPSA) is 287 Å². The number of hydrogen-bond donors (Lipinski definition) is 9. The summed E-state index contributed by atoms with van der Waals surface area (Å²) in [6.07, 6.45) is 1.47. The number of H-pyrrole nitrogens is 5. The second kappa shape index (κ2) is 12.0. The fourth-order valence-corrected chi connectivity index (χ4v) is 1.73. The monoisotopic (exact) mass is 472 g/mol. The Hall–Kier alpha value is -4.86. The second-order valence-corrected chi connectivity index (χ2v) is 5.30. The fraction of sp³-hybridized carbons (Fsp3) is 0. The molecule has 0 radical (unpaired) electrons. The number of imidazole rings is 1. The van der Waals surface area contributed by atoms with Crippen LogP contribution in [0.25, 0.3) is 5.70 Å². The molecular weight excluding hydrogens is 456 g/mol. The van der Waals surface area contributed by atoms with E-state index in [1.54, 1.807) is 0 Å². The number of nitrogens with one attached hydrogen (secondary N) is 5. The van der Waals surface area contributed by atoms with Gasteiger partial charge in [-0.05, 0) is 0 Å². The van der Waals surface area contributed by atoms with Crippen molar-refractivity contribution in [2.45, 2.75) is 0 Å². The predicted octanol–water partition coefficient (Wildman–Crippen LogP) is -2.13. The maximum Gasteiger partial charge on any atom is 0.352 e. The Morgan fingerprint density at radius 1 is 0.875 bits per heavy atom. The van der Waals surface area contributed by atoms with E-state index in [0.29, 0.717) is 17.2 Å². The minimum atomic E-state index is -1.34. The lowest BCUT2D eigenvalue weighted by atomic mass is 10.4. The van der Waals surface area contributed by atoms with Gasteiger partial charge in [-0.2, -0.15) is 0 Å². The quantitative estimate of drug-likeness (QED) is 0.198. The lowest BCUT2D eigenvalue weighted by Gasteiger charge is -1.92. The van der Waals surface area contributed by atoms with Crippen LogP contribution in [0.5, 0.6) is 0 Å². The van der Waals surface area contributed by atoms with Crippen LogP contribution in [0, 0.1) is 0 Å². The number of aromatic carboxylic acids is 2. The molecule has 11 N–H and O–H groups in total. The Balaban J connectivity index is 0.000000446. The van der Waals surface area contributed by atoms with Gasteiger partial charge in [-0.3, -0.25) is 19.6 Å². The van der Waals surface area contributed by atoms with Crippen molar-refractivity contribution in [2.75, 3.05) is 5.73 Å². The van der Waals surface area contributed by atoms with Gasteiger partial charge in [0.15, 0.2) is 5.82 Å². The molecule has 3 aromatic rings. The van der Waals surface area contributed by atoms with E-state index in [9.17, 15) is 28.8 Å². The molecular formula is C15H17ClN8O8. The van der Waals surface area contributed by atoms with Crippen LogP contribution in [0.3, 0.4) is 0 Å². The van der Waals surface area contributed by atoms with Gasteiger partial charge in [0.2, 0.25) is 0 Å². The van der Waals surface area contributed by atoms with Crippen molar-refractivity contribution in [3.8, 4) is 0 Å². The standard InChI is InChI=1S/C5H8N4.2C5H4N2O4.ClH/c1-3(6)4-5(7)9-2-8-4;2*8-3-1-2(4(9)10)6-5(11)7-3;/h2H,1,6-7H2,(H,8,9);2*1H,(H,9,10)(H2,6,7,8,11);1H. The van der Waals surface area contributed by atoms with Crippen LogP contribution in [-0.4, -0.2) is 52.1 Å². The van der Waals surface area contributed by atoms with E-state index < -0.39 is 45.8 Å². The molecule has 16 nitrogen and oxygen atoms in total. The van der Waals surface area contributed by atoms with Crippen molar-refractivity contribution >= 4 is 35.9 Å². The highest BCUT2D eigenvalue weighted by Gasteiger charge is 2.04. The van der Waals surface area contributed by atoms with Gasteiger partial charge in [-0.1, -0.05) is 6.58 Å². The Morgan fingerprint density at radius 3 is 1.50 bits per heavy atom. The number of aromatic nitrogens is 6. The van der Waals surface area contributed by atoms with Crippen LogP contribution < -0.4 is 34.0 Å². The molecule has 0 aliphatic heterocycles. The number of aromatic amines is 5. The predicted molar refractivity (Wildman–Crippen MR) is 113 cm³/mol. The summed E-state index contributed by atoms with van der Waals surface area (Å²) in [6, 6.07) is 1.59. The highest BCUT2D eigenvalue weighted by atomic mass is 35.5. The summed E-state index contributed by atoms with van der Waals surface area (Å²) in [5.41, 5.74) is 7.74. The molecule has 0 saturated heterocycles. The molecule has 0 fully saturated rings. The Morgan fingerprint density at radius 2 is 1.28 bits per heavy atom. The summed E-state index contributed by atoms with van der Waals surface area (Å²) in [6.45, 7) is 3.48. The van der Waals surface area contributed by atoms with Crippen molar-refractivity contribution in [3.63, 3.8) is 0 Å². The minimum absolute atomic E-state index is 0. The maximum absolute atomic E-state index is 10.5. The number of rotatable bonds is 3. The van der Waals surface area contributed by atoms with Crippen LogP contribution >= 0.6 is 12.4 Å². The van der Waals surface area contributed by atoms with Gasteiger partial charge in [0.25, 0.3) is 11.1 Å². The van der Waals surface area contributed by atoms with Crippen molar-refractivity contribution in [1.82, 2.24) is 29.9 Å². The maximum atomic E-state index is 10.5. The first-order valence-electron chi connectivity index (χ1n) is 7.78. The fourth-order valence-electron chi connectivity index (χ4n) is 1.73. The third-order valence-corrected chi connectivity index (χ3v) is 2.97. The molecule has 0 amide bonds. The van der Waals surface area contributed by atoms with Gasteiger partial charge in [0.1, 0.15) is 17.1 Å². The molecule has 0 spiro atoms. The minimum Gasteiger partial charge on any atom is -0.477 e. The van der Waals surface area contributed by atoms with Gasteiger partial charge >= 0.3 is 23.3 Å². The van der Waals surface area contributed by atoms with E-state index in [4.69, 9.17) is 21.7 Å². The van der Waals surface area contributed by atoms with Crippen molar-refractivity contribution in [1.29, 1.82) is 0 Å². The zero-order valence-corrected chi connectivity index (χ0v) is 16.6. The molecule has 3 heterocycles. The Kier molecular flexibility index (Phi) is 10.2. The number of nitrogens with zero attached hydrogens (tertiary/aromatic N) is 1. The molecule has 32 heavy (non-hydrogen) atoms. The molecule has 17 heteroatoms. The van der Waals surface area contributed by atoms with Crippen LogP contribution in [0.1, 0.15) is 26.7 Å². The summed E-state index contributed by atoms with van der Waals surface area (Å²) in [5.74, 6) is -2.29. The first-order valence-corrected chi connectivity index (χ1v) is 7.78. The van der Waals surface area contributed by atoms with Crippen LogP contribution in [0.4, 0.5) is 5.82 Å². The molecule has 0 unspecified atom stereocenters. The third kappa shape index (κ3) is 8.66. The van der Waals surface area contributed by atoms with Gasteiger partial charge < -0.3 is 36.6 Å². The number of hydrogen-bond acceptors (Lipinski definition) is 9. The number of nitrogen functional groups attached to an aromatic ring is 1. The smallest absolute Gasteiger partial charge is 0.352 e. The summed E-state index contributed by atoms with van der Waals surface area (Å²) in [4.78, 5) is 76.2. The largest absolute Gasteiger partial charge is 0.477 e. The average Bonchev–Trinajstić information content (AvgIpc) is 3.07. The average molecular weight is 473 g/mol. The van der Waals surface area contributed by atoms with E-state index in [-0.39, 0.29) is 12.4 Å². The second-order valence-electron chi connectivity index (χ2n) is 5.30. The lowest BCUT2D eigenvalue weighted by molar-refractivity contribution is 0.0679. The molecule has 0 aromatic carbocycles. The molecule has 3 aromatic heterocycles. The zero-order chi connectivity index (χ0) is 23.7. The van der Waals surface area contributed by atoms with Crippen LogP contribution in [0.15, 0.2) is 44.2 Å². The van der Waals surface area contributed by atoms with Gasteiger partial charge in [-0.15, -0.1) is 12.4 Å². The molecule has 3 rings (SSSR count). The third-order valence-electron chi connectivity index (χ3n) is 2.97. The number of halogens is 1. The van der Waals surface area contributed by atoms with E-state index in [1.807, 2.05) is 19.9 Å². The van der Waals surface area contributed by atoms with Crippen LogP contribution in [-0.2, 0) is 0 Å². The number of carboxylic acids is 2. The molecule has 0 saturated carbocycles. The first kappa shape index (κ1) is 27.1. The van der Waals surface area contributed by atoms with E-state index in [2.05, 4.69) is 16.5 Å². The Bertz CT molecular complexity index is 1200. The number of carboxylic acid groups (broad SMARTS) is 2. The number of anilines is 1. The van der Waals surface area contributed by atoms with E-state index >= 15 is 0 Å². The molecule has 0 atom stereocenters. The van der Waals surface area contributed by atoms with Gasteiger partial charge in [0, 0.05) is 12.1 Å². The zero-order valence-electron chi connectivity index (χ0n) is 15.8. The molecule has 0 aliphatic rings. The summed E-state index contributed by atoms with van der Waals surface area (Å²) < 4.78 is 0. The Labute approximate surface area is 181 Å². The van der Waals surface area contributed by atoms with Gasteiger partial charge in [0.05, 0.1) is 12.0 Å². The van der Waals surface area contributed by atoms with E-state index in [0.717, 1.165) is 12.1 Å². The van der Waals surface area contributed by atoms with E-state index in [1.165, 1.54) is 6.33 Å². The lowest BCUT2D eigenvalue weighted by Crippen LogP contribution is -2.24. The normalized spacial score (nSPS) is 9.12. The van der Waals surface area contributed by atoms with Crippen molar-refractivity contribution < 1.29 is 19.8 Å². The highest BCUT2D eigenvalue weighted by molar-refractivity contribution is 5.85. The number of carbonyl (C=O) groups is 2. The van der Waals surface area contributed by atoms with Crippen molar-refractivity contribution in [3.05, 3.63) is 83.8 Å². The number of nitrogens with two attached hydrogens (primary N) is 2. The highest BCUT2D eigenvalue weighted by Crippen LogP contribution is 2.08. The summed E-state index contributed by atoms with van der Waals surface area (Å²) >= 11 is 0. The summed E-state index contributed by atoms with van der Waals surface area (Å²) in [5, 5.41) is 16.6.